The molecule has 3 rings (SSSR count). The van der Waals surface area contributed by atoms with Crippen molar-refractivity contribution in [3.63, 3.8) is 0 Å². The van der Waals surface area contributed by atoms with Crippen molar-refractivity contribution in [3.05, 3.63) is 36.2 Å². The summed E-state index contributed by atoms with van der Waals surface area (Å²) >= 11 is 0. The van der Waals surface area contributed by atoms with Crippen LogP contribution >= 0.6 is 0 Å². The summed E-state index contributed by atoms with van der Waals surface area (Å²) in [6, 6.07) is 3.33. The number of hydrogen-bond acceptors (Lipinski definition) is 2. The second kappa shape index (κ2) is 7.37. The van der Waals surface area contributed by atoms with E-state index in [2.05, 4.69) is 6.58 Å². The van der Waals surface area contributed by atoms with E-state index in [1.165, 1.54) is 38.2 Å². The van der Waals surface area contributed by atoms with E-state index >= 15 is 0 Å². The molecule has 126 valence electrons. The highest BCUT2D eigenvalue weighted by molar-refractivity contribution is 5.43. The molecule has 1 unspecified atom stereocenters. The van der Waals surface area contributed by atoms with Crippen molar-refractivity contribution in [2.45, 2.75) is 57.5 Å². The van der Waals surface area contributed by atoms with E-state index in [1.807, 2.05) is 12.1 Å². The number of aryl methyl sites for hydroxylation is 1. The van der Waals surface area contributed by atoms with Crippen LogP contribution in [0.2, 0.25) is 0 Å². The summed E-state index contributed by atoms with van der Waals surface area (Å²) in [6.07, 6.45) is 11.4. The van der Waals surface area contributed by atoms with E-state index in [4.69, 9.17) is 9.47 Å². The Labute approximate surface area is 138 Å². The van der Waals surface area contributed by atoms with Crippen molar-refractivity contribution < 1.29 is 13.9 Å². The molecule has 3 heteroatoms. The summed E-state index contributed by atoms with van der Waals surface area (Å²) in [5, 5.41) is 0. The van der Waals surface area contributed by atoms with Crippen molar-refractivity contribution in [2.75, 3.05) is 7.11 Å². The van der Waals surface area contributed by atoms with Crippen LogP contribution in [-0.2, 0) is 6.42 Å². The first-order valence-corrected chi connectivity index (χ1v) is 8.85. The molecule has 0 aromatic heterocycles. The molecular formula is C20H27FO2. The standard InChI is InChI=1S/C20H27FO2/c1-3-4-5-14-6-8-15(9-7-14)19-11-10-16-12-17(22-2)13-18(21)20(16)23-19/h3,12-15,19H,1,4-11H2,2H3. The summed E-state index contributed by atoms with van der Waals surface area (Å²) in [6.45, 7) is 3.81. The van der Waals surface area contributed by atoms with Crippen molar-refractivity contribution in [1.29, 1.82) is 0 Å². The summed E-state index contributed by atoms with van der Waals surface area (Å²) < 4.78 is 25.5. The van der Waals surface area contributed by atoms with E-state index in [1.54, 1.807) is 7.11 Å². The Hall–Kier alpha value is -1.51. The van der Waals surface area contributed by atoms with Crippen LogP contribution in [0.3, 0.4) is 0 Å². The molecule has 1 aliphatic heterocycles. The van der Waals surface area contributed by atoms with Crippen LogP contribution in [0.25, 0.3) is 0 Å². The minimum Gasteiger partial charge on any atom is -0.497 e. The molecule has 23 heavy (non-hydrogen) atoms. The fourth-order valence-electron chi connectivity index (χ4n) is 4.10. The predicted molar refractivity (Wildman–Crippen MR) is 90.6 cm³/mol. The van der Waals surface area contributed by atoms with Gasteiger partial charge < -0.3 is 9.47 Å². The molecule has 0 bridgehead atoms. The van der Waals surface area contributed by atoms with Gasteiger partial charge in [-0.15, -0.1) is 6.58 Å². The van der Waals surface area contributed by atoms with Gasteiger partial charge in [0.05, 0.1) is 7.11 Å². The number of fused-ring (bicyclic) bond motifs is 1. The van der Waals surface area contributed by atoms with Crippen LogP contribution in [0, 0.1) is 17.7 Å². The van der Waals surface area contributed by atoms with Crippen molar-refractivity contribution in [3.8, 4) is 11.5 Å². The molecule has 1 aromatic carbocycles. The molecule has 0 N–H and O–H groups in total. The average molecular weight is 318 g/mol. The molecule has 1 aliphatic carbocycles. The van der Waals surface area contributed by atoms with Crippen LogP contribution in [0.15, 0.2) is 24.8 Å². The topological polar surface area (TPSA) is 18.5 Å². The fourth-order valence-corrected chi connectivity index (χ4v) is 4.10. The zero-order valence-corrected chi connectivity index (χ0v) is 14.0. The van der Waals surface area contributed by atoms with E-state index in [0.717, 1.165) is 30.7 Å². The van der Waals surface area contributed by atoms with Crippen molar-refractivity contribution in [1.82, 2.24) is 0 Å². The molecule has 1 aromatic rings. The third-order valence-electron chi connectivity index (χ3n) is 5.49. The second-order valence-corrected chi connectivity index (χ2v) is 6.94. The Balaban J connectivity index is 1.61. The highest BCUT2D eigenvalue weighted by Gasteiger charge is 2.32. The summed E-state index contributed by atoms with van der Waals surface area (Å²) in [4.78, 5) is 0. The molecule has 0 radical (unpaired) electrons. The van der Waals surface area contributed by atoms with E-state index in [-0.39, 0.29) is 11.9 Å². The van der Waals surface area contributed by atoms with Crippen molar-refractivity contribution >= 4 is 0 Å². The highest BCUT2D eigenvalue weighted by atomic mass is 19.1. The summed E-state index contributed by atoms with van der Waals surface area (Å²) in [7, 11) is 1.57. The van der Waals surface area contributed by atoms with Crippen LogP contribution < -0.4 is 9.47 Å². The summed E-state index contributed by atoms with van der Waals surface area (Å²) in [5.41, 5.74) is 0.942. The van der Waals surface area contributed by atoms with Gasteiger partial charge in [0.2, 0.25) is 0 Å². The van der Waals surface area contributed by atoms with Crippen molar-refractivity contribution in [2.24, 2.45) is 11.8 Å². The Morgan fingerprint density at radius 2 is 2.04 bits per heavy atom. The number of rotatable bonds is 5. The van der Waals surface area contributed by atoms with Gasteiger partial charge in [-0.1, -0.05) is 18.9 Å². The number of benzene rings is 1. The van der Waals surface area contributed by atoms with Gasteiger partial charge in [0.1, 0.15) is 11.9 Å². The molecule has 2 nitrogen and oxygen atoms in total. The van der Waals surface area contributed by atoms with Gasteiger partial charge in [0.25, 0.3) is 0 Å². The van der Waals surface area contributed by atoms with Gasteiger partial charge in [-0.25, -0.2) is 4.39 Å². The maximum absolute atomic E-state index is 14.2. The van der Waals surface area contributed by atoms with Crippen LogP contribution in [0.4, 0.5) is 4.39 Å². The van der Waals surface area contributed by atoms with Crippen LogP contribution in [0.1, 0.15) is 50.5 Å². The van der Waals surface area contributed by atoms with Crippen LogP contribution in [0.5, 0.6) is 11.5 Å². The largest absolute Gasteiger partial charge is 0.497 e. The lowest BCUT2D eigenvalue weighted by Crippen LogP contribution is -2.34. The van der Waals surface area contributed by atoms with E-state index < -0.39 is 0 Å². The van der Waals surface area contributed by atoms with Crippen LogP contribution in [-0.4, -0.2) is 13.2 Å². The lowest BCUT2D eigenvalue weighted by Gasteiger charge is -2.36. The van der Waals surface area contributed by atoms with Gasteiger partial charge in [-0.3, -0.25) is 0 Å². The Kier molecular flexibility index (Phi) is 5.24. The highest BCUT2D eigenvalue weighted by Crippen LogP contribution is 2.40. The number of allylic oxidation sites excluding steroid dienone is 1. The first-order chi connectivity index (χ1) is 11.2. The summed E-state index contributed by atoms with van der Waals surface area (Å²) in [5.74, 6) is 2.15. The monoisotopic (exact) mass is 318 g/mol. The lowest BCUT2D eigenvalue weighted by atomic mass is 9.76. The second-order valence-electron chi connectivity index (χ2n) is 6.94. The van der Waals surface area contributed by atoms with Gasteiger partial charge in [0.15, 0.2) is 11.6 Å². The molecule has 1 atom stereocenters. The maximum atomic E-state index is 14.2. The Morgan fingerprint density at radius 3 is 2.74 bits per heavy atom. The molecule has 2 aliphatic rings. The first kappa shape index (κ1) is 16.4. The first-order valence-electron chi connectivity index (χ1n) is 8.85. The normalized spacial score (nSPS) is 27.0. The smallest absolute Gasteiger partial charge is 0.169 e. The molecule has 1 fully saturated rings. The third-order valence-corrected chi connectivity index (χ3v) is 5.49. The minimum atomic E-state index is -0.288. The molecule has 1 saturated carbocycles. The molecule has 1 heterocycles. The SMILES string of the molecule is C=CCCC1CCC(C2CCc3cc(OC)cc(F)c3O2)CC1. The molecule has 0 amide bonds. The molecule has 0 spiro atoms. The zero-order valence-electron chi connectivity index (χ0n) is 14.0. The minimum absolute atomic E-state index is 0.172. The van der Waals surface area contributed by atoms with E-state index in [0.29, 0.717) is 17.4 Å². The number of hydrogen-bond donors (Lipinski definition) is 0. The predicted octanol–water partition coefficient (Wildman–Crippen LogP) is 5.30. The third kappa shape index (κ3) is 3.70. The number of ether oxygens (including phenoxy) is 2. The Bertz CT molecular complexity index is 547. The van der Waals surface area contributed by atoms with Gasteiger partial charge in [0, 0.05) is 11.6 Å². The quantitative estimate of drug-likeness (QED) is 0.686. The van der Waals surface area contributed by atoms with Gasteiger partial charge in [-0.2, -0.15) is 0 Å². The maximum Gasteiger partial charge on any atom is 0.169 e. The average Bonchev–Trinajstić information content (AvgIpc) is 2.60. The molecular weight excluding hydrogens is 291 g/mol. The van der Waals surface area contributed by atoms with Gasteiger partial charge >= 0.3 is 0 Å². The number of methoxy groups -OCH3 is 1. The lowest BCUT2D eigenvalue weighted by molar-refractivity contribution is 0.0719. The Morgan fingerprint density at radius 1 is 1.26 bits per heavy atom. The van der Waals surface area contributed by atoms with E-state index in [9.17, 15) is 4.39 Å². The molecule has 0 saturated heterocycles. The van der Waals surface area contributed by atoms with Gasteiger partial charge in [-0.05, 0) is 56.4 Å². The number of halogens is 1. The zero-order chi connectivity index (χ0) is 16.2. The fraction of sp³-hybridized carbons (Fsp3) is 0.600.